The van der Waals surface area contributed by atoms with Gasteiger partial charge in [-0.15, -0.1) is 11.3 Å². The normalized spacial score (nSPS) is 12.6. The van der Waals surface area contributed by atoms with Gasteiger partial charge >= 0.3 is 6.18 Å². The predicted molar refractivity (Wildman–Crippen MR) is 103 cm³/mol. The number of benzene rings is 1. The Bertz CT molecular complexity index is 1070. The van der Waals surface area contributed by atoms with Gasteiger partial charge in [0.15, 0.2) is 5.78 Å². The molecule has 1 unspecified atom stereocenters. The molecule has 0 radical (unpaired) electrons. The van der Waals surface area contributed by atoms with Crippen molar-refractivity contribution in [3.05, 3.63) is 69.3 Å². The van der Waals surface area contributed by atoms with Gasteiger partial charge in [-0.25, -0.2) is 4.68 Å². The van der Waals surface area contributed by atoms with E-state index in [0.717, 1.165) is 21.7 Å². The first-order chi connectivity index (χ1) is 13.7. The molecule has 152 valence electrons. The molecular formula is C20H17F3N2O3S. The molecule has 0 amide bonds. The highest BCUT2D eigenvalue weighted by Gasteiger charge is 2.30. The van der Waals surface area contributed by atoms with E-state index in [0.29, 0.717) is 17.0 Å². The molecule has 0 aliphatic rings. The van der Waals surface area contributed by atoms with Crippen LogP contribution in [0.2, 0.25) is 0 Å². The van der Waals surface area contributed by atoms with Crippen molar-refractivity contribution in [2.45, 2.75) is 25.6 Å². The quantitative estimate of drug-likeness (QED) is 0.592. The zero-order valence-electron chi connectivity index (χ0n) is 15.6. The van der Waals surface area contributed by atoms with E-state index in [9.17, 15) is 22.8 Å². The van der Waals surface area contributed by atoms with E-state index in [2.05, 4.69) is 5.10 Å². The van der Waals surface area contributed by atoms with Crippen LogP contribution in [0.4, 0.5) is 13.2 Å². The Hall–Kier alpha value is -2.94. The second-order valence-corrected chi connectivity index (χ2v) is 7.28. The van der Waals surface area contributed by atoms with Crippen LogP contribution in [0.25, 0.3) is 10.6 Å². The van der Waals surface area contributed by atoms with Crippen LogP contribution >= 0.6 is 11.3 Å². The van der Waals surface area contributed by atoms with Crippen molar-refractivity contribution in [1.82, 2.24) is 9.78 Å². The molecule has 1 atom stereocenters. The molecule has 0 bridgehead atoms. The highest BCUT2D eigenvalue weighted by Crippen LogP contribution is 2.30. The summed E-state index contributed by atoms with van der Waals surface area (Å²) in [7, 11) is 1.54. The number of methoxy groups -OCH3 is 1. The van der Waals surface area contributed by atoms with E-state index in [1.165, 1.54) is 29.5 Å². The molecule has 0 fully saturated rings. The minimum Gasteiger partial charge on any atom is -0.496 e. The maximum absolute atomic E-state index is 12.7. The number of hydrogen-bond donors (Lipinski definition) is 0. The molecule has 2 heterocycles. The van der Waals surface area contributed by atoms with Crippen LogP contribution in [0, 0.1) is 0 Å². The summed E-state index contributed by atoms with van der Waals surface area (Å²) < 4.78 is 44.2. The molecule has 2 aromatic heterocycles. The van der Waals surface area contributed by atoms with Crippen LogP contribution in [0.1, 0.15) is 24.1 Å². The Morgan fingerprint density at radius 1 is 1.21 bits per heavy atom. The number of hydrogen-bond acceptors (Lipinski definition) is 5. The summed E-state index contributed by atoms with van der Waals surface area (Å²) in [6.07, 6.45) is -4.54. The lowest BCUT2D eigenvalue weighted by molar-refractivity contribution is -0.137. The van der Waals surface area contributed by atoms with Crippen molar-refractivity contribution in [2.24, 2.45) is 0 Å². The standard InChI is InChI=1S/C20H17F3N2O3S/c1-12(17(26)9-13-3-5-14(6-4-13)20(21,22)23)25-19(27)8-7-16(24-25)18-10-15(28-2)11-29-18/h3-8,10-12H,9H2,1-2H3. The SMILES string of the molecule is COc1csc(-c2ccc(=O)n(C(C)C(=O)Cc3ccc(C(F)(F)F)cc3)n2)c1. The minimum absolute atomic E-state index is 0.107. The number of Topliss-reactive ketones (excluding diaryl/α,β-unsaturated/α-hetero) is 1. The summed E-state index contributed by atoms with van der Waals surface area (Å²) in [6, 6.07) is 8.19. The summed E-state index contributed by atoms with van der Waals surface area (Å²) in [5, 5.41) is 6.09. The van der Waals surface area contributed by atoms with Crippen molar-refractivity contribution < 1.29 is 22.7 Å². The second-order valence-electron chi connectivity index (χ2n) is 6.37. The lowest BCUT2D eigenvalue weighted by atomic mass is 10.0. The Morgan fingerprint density at radius 2 is 1.90 bits per heavy atom. The first-order valence-electron chi connectivity index (χ1n) is 8.60. The van der Waals surface area contributed by atoms with E-state index < -0.39 is 23.3 Å². The zero-order valence-corrected chi connectivity index (χ0v) is 16.4. The van der Waals surface area contributed by atoms with E-state index in [-0.39, 0.29) is 12.2 Å². The Balaban J connectivity index is 1.80. The lowest BCUT2D eigenvalue weighted by Crippen LogP contribution is -2.30. The number of aromatic nitrogens is 2. The van der Waals surface area contributed by atoms with Gasteiger partial charge < -0.3 is 4.74 Å². The summed E-state index contributed by atoms with van der Waals surface area (Å²) in [5.41, 5.74) is -0.265. The fraction of sp³-hybridized carbons (Fsp3) is 0.250. The molecule has 5 nitrogen and oxygen atoms in total. The van der Waals surface area contributed by atoms with Crippen LogP contribution < -0.4 is 10.3 Å². The highest BCUT2D eigenvalue weighted by molar-refractivity contribution is 7.13. The van der Waals surface area contributed by atoms with E-state index in [1.807, 2.05) is 0 Å². The molecule has 0 aliphatic heterocycles. The molecule has 0 N–H and O–H groups in total. The number of carbonyl (C=O) groups excluding carboxylic acids is 1. The van der Waals surface area contributed by atoms with Crippen molar-refractivity contribution in [1.29, 1.82) is 0 Å². The molecule has 29 heavy (non-hydrogen) atoms. The van der Waals surface area contributed by atoms with Gasteiger partial charge in [0.1, 0.15) is 17.5 Å². The molecule has 9 heteroatoms. The van der Waals surface area contributed by atoms with Gasteiger partial charge in [-0.2, -0.15) is 18.3 Å². The van der Waals surface area contributed by atoms with Gasteiger partial charge in [0.25, 0.3) is 5.56 Å². The highest BCUT2D eigenvalue weighted by atomic mass is 32.1. The number of ketones is 1. The van der Waals surface area contributed by atoms with Gasteiger partial charge in [-0.05, 0) is 30.7 Å². The Kier molecular flexibility index (Phi) is 5.88. The first kappa shape index (κ1) is 20.8. The van der Waals surface area contributed by atoms with Crippen molar-refractivity contribution in [3.8, 4) is 16.3 Å². The number of rotatable bonds is 6. The molecule has 1 aromatic carbocycles. The largest absolute Gasteiger partial charge is 0.496 e. The fourth-order valence-corrected chi connectivity index (χ4v) is 3.51. The smallest absolute Gasteiger partial charge is 0.416 e. The van der Waals surface area contributed by atoms with E-state index in [1.54, 1.807) is 31.5 Å². The van der Waals surface area contributed by atoms with Crippen LogP contribution in [-0.4, -0.2) is 22.7 Å². The predicted octanol–water partition coefficient (Wildman–Crippen LogP) is 4.37. The molecule has 0 aliphatic carbocycles. The van der Waals surface area contributed by atoms with Crippen molar-refractivity contribution in [2.75, 3.05) is 7.11 Å². The van der Waals surface area contributed by atoms with Crippen molar-refractivity contribution >= 4 is 17.1 Å². The van der Waals surface area contributed by atoms with E-state index >= 15 is 0 Å². The third kappa shape index (κ3) is 4.73. The average Bonchev–Trinajstić information content (AvgIpc) is 3.17. The maximum Gasteiger partial charge on any atom is 0.416 e. The Labute approximate surface area is 168 Å². The third-order valence-corrected chi connectivity index (χ3v) is 5.31. The number of nitrogens with zero attached hydrogens (tertiary/aromatic N) is 2. The fourth-order valence-electron chi connectivity index (χ4n) is 2.69. The summed E-state index contributed by atoms with van der Waals surface area (Å²) >= 11 is 1.39. The maximum atomic E-state index is 12.7. The molecule has 3 aromatic rings. The van der Waals surface area contributed by atoms with Crippen LogP contribution in [0.3, 0.4) is 0 Å². The van der Waals surface area contributed by atoms with Gasteiger partial charge in [0, 0.05) is 23.9 Å². The topological polar surface area (TPSA) is 61.2 Å². The summed E-state index contributed by atoms with van der Waals surface area (Å²) in [6.45, 7) is 1.54. The van der Waals surface area contributed by atoms with Crippen LogP contribution in [-0.2, 0) is 17.4 Å². The average molecular weight is 422 g/mol. The van der Waals surface area contributed by atoms with Crippen LogP contribution in [0.15, 0.2) is 52.6 Å². The Morgan fingerprint density at radius 3 is 2.48 bits per heavy atom. The summed E-state index contributed by atoms with van der Waals surface area (Å²) in [4.78, 5) is 25.6. The first-order valence-corrected chi connectivity index (χ1v) is 9.48. The molecule has 0 spiro atoms. The van der Waals surface area contributed by atoms with Gasteiger partial charge in [-0.1, -0.05) is 12.1 Å². The van der Waals surface area contributed by atoms with Gasteiger partial charge in [-0.3, -0.25) is 9.59 Å². The third-order valence-electron chi connectivity index (χ3n) is 4.38. The van der Waals surface area contributed by atoms with Gasteiger partial charge in [0.2, 0.25) is 0 Å². The number of thiophene rings is 1. The molecule has 3 rings (SSSR count). The molecule has 0 saturated carbocycles. The van der Waals surface area contributed by atoms with E-state index in [4.69, 9.17) is 4.74 Å². The second kappa shape index (κ2) is 8.20. The number of halogens is 3. The summed E-state index contributed by atoms with van der Waals surface area (Å²) in [5.74, 6) is 0.330. The van der Waals surface area contributed by atoms with Crippen LogP contribution in [0.5, 0.6) is 5.75 Å². The number of alkyl halides is 3. The molecular weight excluding hydrogens is 405 g/mol. The lowest BCUT2D eigenvalue weighted by Gasteiger charge is -2.14. The number of ether oxygens (including phenoxy) is 1. The minimum atomic E-state index is -4.43. The van der Waals surface area contributed by atoms with Gasteiger partial charge in [0.05, 0.1) is 17.6 Å². The van der Waals surface area contributed by atoms with Crippen molar-refractivity contribution in [3.63, 3.8) is 0 Å². The monoisotopic (exact) mass is 422 g/mol. The molecule has 0 saturated heterocycles. The zero-order chi connectivity index (χ0) is 21.2. The number of carbonyl (C=O) groups is 1.